The van der Waals surface area contributed by atoms with Gasteiger partial charge in [-0.15, -0.1) is 0 Å². The highest BCUT2D eigenvalue weighted by Gasteiger charge is 2.39. The Morgan fingerprint density at radius 3 is 2.68 bits per heavy atom. The van der Waals surface area contributed by atoms with Crippen LogP contribution in [0.4, 0.5) is 0 Å². The van der Waals surface area contributed by atoms with E-state index in [9.17, 15) is 4.79 Å². The lowest BCUT2D eigenvalue weighted by Gasteiger charge is -2.32. The Hall–Kier alpha value is -2.14. The third-order valence-electron chi connectivity index (χ3n) is 5.19. The maximum Gasteiger partial charge on any atom is 0.228 e. The summed E-state index contributed by atoms with van der Waals surface area (Å²) in [6, 6.07) is 10.1. The SMILES string of the molecule is CC(C)c1oc(C2CCCN2C(=O)C2CNC2)nc1-c1ccccc1. The third kappa shape index (κ3) is 2.97. The van der Waals surface area contributed by atoms with Crippen molar-refractivity contribution in [2.24, 2.45) is 5.92 Å². The first kappa shape index (κ1) is 16.3. The molecule has 0 spiro atoms. The van der Waals surface area contributed by atoms with E-state index < -0.39 is 0 Å². The van der Waals surface area contributed by atoms with Crippen molar-refractivity contribution in [1.82, 2.24) is 15.2 Å². The summed E-state index contributed by atoms with van der Waals surface area (Å²) in [4.78, 5) is 19.5. The maximum absolute atomic E-state index is 12.7. The third-order valence-corrected chi connectivity index (χ3v) is 5.19. The molecule has 4 rings (SSSR count). The van der Waals surface area contributed by atoms with Crippen LogP contribution in [0.2, 0.25) is 0 Å². The number of nitrogens with zero attached hydrogens (tertiary/aromatic N) is 2. The Bertz CT molecular complexity index is 750. The number of benzene rings is 1. The molecule has 132 valence electrons. The number of carbonyl (C=O) groups excluding carboxylic acids is 1. The molecule has 0 aliphatic carbocycles. The van der Waals surface area contributed by atoms with Crippen LogP contribution < -0.4 is 5.32 Å². The van der Waals surface area contributed by atoms with Crippen molar-refractivity contribution < 1.29 is 9.21 Å². The molecule has 5 heteroatoms. The molecule has 2 fully saturated rings. The first-order chi connectivity index (χ1) is 12.1. The molecule has 0 saturated carbocycles. The number of rotatable bonds is 4. The van der Waals surface area contributed by atoms with E-state index in [-0.39, 0.29) is 23.8 Å². The molecule has 1 amide bonds. The van der Waals surface area contributed by atoms with Gasteiger partial charge in [0.15, 0.2) is 0 Å². The standard InChI is InChI=1S/C20H25N3O2/c1-13(2)18-17(14-7-4-3-5-8-14)22-19(25-18)16-9-6-10-23(16)20(24)15-11-21-12-15/h3-5,7-8,13,15-16,21H,6,9-12H2,1-2H3. The van der Waals surface area contributed by atoms with Gasteiger partial charge in [0, 0.05) is 31.1 Å². The van der Waals surface area contributed by atoms with Crippen LogP contribution in [0, 0.1) is 5.92 Å². The zero-order valence-corrected chi connectivity index (χ0v) is 14.9. The van der Waals surface area contributed by atoms with Crippen molar-refractivity contribution >= 4 is 5.91 Å². The fourth-order valence-corrected chi connectivity index (χ4v) is 3.67. The second kappa shape index (κ2) is 6.64. The van der Waals surface area contributed by atoms with Crippen molar-refractivity contribution in [2.45, 2.75) is 38.6 Å². The van der Waals surface area contributed by atoms with Crippen LogP contribution in [0.3, 0.4) is 0 Å². The Labute approximate surface area is 148 Å². The van der Waals surface area contributed by atoms with Gasteiger partial charge in [0.1, 0.15) is 17.5 Å². The predicted octanol–water partition coefficient (Wildman–Crippen LogP) is 3.35. The summed E-state index contributed by atoms with van der Waals surface area (Å²) in [7, 11) is 0. The quantitative estimate of drug-likeness (QED) is 0.928. The van der Waals surface area contributed by atoms with Gasteiger partial charge in [-0.2, -0.15) is 0 Å². The normalized spacial score (nSPS) is 20.9. The first-order valence-electron chi connectivity index (χ1n) is 9.22. The van der Waals surface area contributed by atoms with Gasteiger partial charge in [0.25, 0.3) is 0 Å². The molecule has 2 saturated heterocycles. The van der Waals surface area contributed by atoms with Crippen LogP contribution in [-0.2, 0) is 4.79 Å². The van der Waals surface area contributed by atoms with Crippen LogP contribution in [0.15, 0.2) is 34.7 Å². The summed E-state index contributed by atoms with van der Waals surface area (Å²) >= 11 is 0. The number of hydrogen-bond donors (Lipinski definition) is 1. The van der Waals surface area contributed by atoms with Crippen LogP contribution in [-0.4, -0.2) is 35.4 Å². The Kier molecular flexibility index (Phi) is 4.34. The second-order valence-corrected chi connectivity index (χ2v) is 7.33. The molecule has 0 radical (unpaired) electrons. The van der Waals surface area contributed by atoms with Crippen LogP contribution in [0.1, 0.15) is 50.3 Å². The van der Waals surface area contributed by atoms with Gasteiger partial charge in [0.05, 0.1) is 5.92 Å². The average Bonchev–Trinajstić information content (AvgIpc) is 3.20. The van der Waals surface area contributed by atoms with E-state index in [1.54, 1.807) is 0 Å². The zero-order chi connectivity index (χ0) is 17.4. The monoisotopic (exact) mass is 339 g/mol. The summed E-state index contributed by atoms with van der Waals surface area (Å²) in [5, 5.41) is 3.18. The van der Waals surface area contributed by atoms with Crippen LogP contribution in [0.5, 0.6) is 0 Å². The fourth-order valence-electron chi connectivity index (χ4n) is 3.67. The molecule has 1 aromatic heterocycles. The molecule has 1 unspecified atom stereocenters. The van der Waals surface area contributed by atoms with E-state index >= 15 is 0 Å². The summed E-state index contributed by atoms with van der Waals surface area (Å²) in [6.45, 7) is 6.63. The highest BCUT2D eigenvalue weighted by Crippen LogP contribution is 2.37. The van der Waals surface area contributed by atoms with Gasteiger partial charge in [-0.3, -0.25) is 4.79 Å². The smallest absolute Gasteiger partial charge is 0.228 e. The number of likely N-dealkylation sites (tertiary alicyclic amines) is 1. The molecule has 2 aliphatic heterocycles. The predicted molar refractivity (Wildman–Crippen MR) is 96.1 cm³/mol. The minimum atomic E-state index is -0.0249. The van der Waals surface area contributed by atoms with E-state index in [0.29, 0.717) is 5.89 Å². The number of amides is 1. The van der Waals surface area contributed by atoms with Crippen molar-refractivity contribution in [3.05, 3.63) is 42.0 Å². The highest BCUT2D eigenvalue weighted by atomic mass is 16.4. The number of hydrogen-bond acceptors (Lipinski definition) is 4. The van der Waals surface area contributed by atoms with Gasteiger partial charge in [-0.1, -0.05) is 44.2 Å². The molecule has 25 heavy (non-hydrogen) atoms. The maximum atomic E-state index is 12.7. The van der Waals surface area contributed by atoms with E-state index in [2.05, 4.69) is 31.3 Å². The minimum absolute atomic E-state index is 0.0249. The Morgan fingerprint density at radius 1 is 1.28 bits per heavy atom. The molecular weight excluding hydrogens is 314 g/mol. The van der Waals surface area contributed by atoms with Gasteiger partial charge in [-0.25, -0.2) is 4.98 Å². The van der Waals surface area contributed by atoms with Gasteiger partial charge in [-0.05, 0) is 12.8 Å². The van der Waals surface area contributed by atoms with E-state index in [4.69, 9.17) is 9.40 Å². The molecule has 3 heterocycles. The lowest BCUT2D eigenvalue weighted by molar-refractivity contribution is -0.138. The van der Waals surface area contributed by atoms with E-state index in [1.165, 1.54) is 0 Å². The lowest BCUT2D eigenvalue weighted by atomic mass is 10.0. The average molecular weight is 339 g/mol. The summed E-state index contributed by atoms with van der Waals surface area (Å²) in [5.41, 5.74) is 1.98. The zero-order valence-electron chi connectivity index (χ0n) is 14.9. The molecule has 0 bridgehead atoms. The number of carbonyl (C=O) groups is 1. The molecule has 1 N–H and O–H groups in total. The van der Waals surface area contributed by atoms with Gasteiger partial charge >= 0.3 is 0 Å². The summed E-state index contributed by atoms with van der Waals surface area (Å²) < 4.78 is 6.21. The number of aromatic nitrogens is 1. The van der Waals surface area contributed by atoms with Crippen molar-refractivity contribution in [2.75, 3.05) is 19.6 Å². The highest BCUT2D eigenvalue weighted by molar-refractivity contribution is 5.81. The Morgan fingerprint density at radius 2 is 2.04 bits per heavy atom. The van der Waals surface area contributed by atoms with Gasteiger partial charge in [0.2, 0.25) is 11.8 Å². The van der Waals surface area contributed by atoms with Crippen molar-refractivity contribution in [3.63, 3.8) is 0 Å². The van der Waals surface area contributed by atoms with Crippen molar-refractivity contribution in [1.29, 1.82) is 0 Å². The lowest BCUT2D eigenvalue weighted by Crippen LogP contribution is -2.51. The fraction of sp³-hybridized carbons (Fsp3) is 0.500. The van der Waals surface area contributed by atoms with Crippen molar-refractivity contribution in [3.8, 4) is 11.3 Å². The number of oxazole rings is 1. The molecule has 1 atom stereocenters. The van der Waals surface area contributed by atoms with E-state index in [0.717, 1.165) is 49.5 Å². The molecular formula is C20H25N3O2. The molecule has 1 aromatic carbocycles. The molecule has 5 nitrogen and oxygen atoms in total. The van der Waals surface area contributed by atoms with E-state index in [1.807, 2.05) is 23.1 Å². The van der Waals surface area contributed by atoms with Crippen LogP contribution in [0.25, 0.3) is 11.3 Å². The Balaban J connectivity index is 1.67. The summed E-state index contributed by atoms with van der Waals surface area (Å²) in [5.74, 6) is 2.21. The topological polar surface area (TPSA) is 58.4 Å². The molecule has 2 aliphatic rings. The first-order valence-corrected chi connectivity index (χ1v) is 9.22. The second-order valence-electron chi connectivity index (χ2n) is 7.33. The summed E-state index contributed by atoms with van der Waals surface area (Å²) in [6.07, 6.45) is 1.94. The molecule has 2 aromatic rings. The number of nitrogens with one attached hydrogen (secondary N) is 1. The van der Waals surface area contributed by atoms with Crippen LogP contribution >= 0.6 is 0 Å². The minimum Gasteiger partial charge on any atom is -0.442 e. The largest absolute Gasteiger partial charge is 0.442 e. The van der Waals surface area contributed by atoms with Gasteiger partial charge < -0.3 is 14.6 Å².